The van der Waals surface area contributed by atoms with Gasteiger partial charge in [-0.15, -0.1) is 0 Å². The van der Waals surface area contributed by atoms with Crippen molar-refractivity contribution < 1.29 is 17.8 Å². The summed E-state index contributed by atoms with van der Waals surface area (Å²) in [6, 6.07) is 5.16. The van der Waals surface area contributed by atoms with Crippen molar-refractivity contribution in [2.24, 2.45) is 0 Å². The Morgan fingerprint density at radius 2 is 2.09 bits per heavy atom. The molecule has 22 heavy (non-hydrogen) atoms. The lowest BCUT2D eigenvalue weighted by Crippen LogP contribution is -2.57. The number of fused-ring (bicyclic) bond motifs is 1. The van der Waals surface area contributed by atoms with Crippen molar-refractivity contribution in [1.29, 1.82) is 0 Å². The lowest BCUT2D eigenvalue weighted by atomic mass is 9.99. The average Bonchev–Trinajstić information content (AvgIpc) is 2.94. The SMILES string of the molecule is CCC1(C)COCCN1S(=O)(=O)Cc1ccc2nonc2c1. The molecule has 0 amide bonds. The minimum absolute atomic E-state index is 0.0641. The van der Waals surface area contributed by atoms with Gasteiger partial charge in [0.2, 0.25) is 10.0 Å². The van der Waals surface area contributed by atoms with Crippen LogP contribution in [0.1, 0.15) is 25.8 Å². The quantitative estimate of drug-likeness (QED) is 0.848. The summed E-state index contributed by atoms with van der Waals surface area (Å²) >= 11 is 0. The number of morpholine rings is 1. The topological polar surface area (TPSA) is 85.5 Å². The maximum atomic E-state index is 12.8. The molecule has 0 aliphatic carbocycles. The van der Waals surface area contributed by atoms with Crippen LogP contribution in [0.3, 0.4) is 0 Å². The molecule has 1 unspecified atom stereocenters. The van der Waals surface area contributed by atoms with Crippen molar-refractivity contribution in [3.63, 3.8) is 0 Å². The highest BCUT2D eigenvalue weighted by Gasteiger charge is 2.41. The Labute approximate surface area is 129 Å². The third kappa shape index (κ3) is 2.73. The molecule has 1 aliphatic rings. The number of sulfonamides is 1. The van der Waals surface area contributed by atoms with Gasteiger partial charge in [0.15, 0.2) is 0 Å². The van der Waals surface area contributed by atoms with Gasteiger partial charge in [0, 0.05) is 6.54 Å². The van der Waals surface area contributed by atoms with E-state index in [-0.39, 0.29) is 5.75 Å². The number of rotatable bonds is 4. The van der Waals surface area contributed by atoms with E-state index in [1.165, 1.54) is 0 Å². The summed E-state index contributed by atoms with van der Waals surface area (Å²) in [6.45, 7) is 5.15. The monoisotopic (exact) mass is 325 g/mol. The third-order valence-corrected chi connectivity index (χ3v) is 6.21. The van der Waals surface area contributed by atoms with Gasteiger partial charge < -0.3 is 4.74 Å². The molecule has 0 radical (unpaired) electrons. The number of nitrogens with zero attached hydrogens (tertiary/aromatic N) is 3. The van der Waals surface area contributed by atoms with Gasteiger partial charge in [0.25, 0.3) is 0 Å². The van der Waals surface area contributed by atoms with E-state index in [0.29, 0.717) is 42.8 Å². The highest BCUT2D eigenvalue weighted by Crippen LogP contribution is 2.28. The van der Waals surface area contributed by atoms with E-state index in [9.17, 15) is 8.42 Å². The van der Waals surface area contributed by atoms with Crippen LogP contribution in [0, 0.1) is 0 Å². The van der Waals surface area contributed by atoms with E-state index in [1.807, 2.05) is 13.8 Å². The van der Waals surface area contributed by atoms with Gasteiger partial charge in [-0.25, -0.2) is 13.0 Å². The lowest BCUT2D eigenvalue weighted by molar-refractivity contribution is -0.0186. The summed E-state index contributed by atoms with van der Waals surface area (Å²) in [5.74, 6) is -0.0641. The second-order valence-electron chi connectivity index (χ2n) is 5.82. The Balaban J connectivity index is 1.88. The molecule has 0 N–H and O–H groups in total. The van der Waals surface area contributed by atoms with E-state index in [1.54, 1.807) is 22.5 Å². The molecule has 7 nitrogen and oxygen atoms in total. The number of benzene rings is 1. The Hall–Kier alpha value is -1.51. The molecule has 120 valence electrons. The average molecular weight is 325 g/mol. The van der Waals surface area contributed by atoms with Crippen LogP contribution in [0.4, 0.5) is 0 Å². The van der Waals surface area contributed by atoms with Crippen LogP contribution >= 0.6 is 0 Å². The molecule has 1 atom stereocenters. The second-order valence-corrected chi connectivity index (χ2v) is 7.71. The molecular weight excluding hydrogens is 306 g/mol. The zero-order valence-corrected chi connectivity index (χ0v) is 13.5. The Morgan fingerprint density at radius 3 is 2.86 bits per heavy atom. The number of hydrogen-bond acceptors (Lipinski definition) is 6. The first-order chi connectivity index (χ1) is 10.4. The number of aromatic nitrogens is 2. The van der Waals surface area contributed by atoms with Gasteiger partial charge in [0.1, 0.15) is 11.0 Å². The fraction of sp³-hybridized carbons (Fsp3) is 0.571. The van der Waals surface area contributed by atoms with Crippen molar-refractivity contribution in [2.45, 2.75) is 31.6 Å². The van der Waals surface area contributed by atoms with Crippen LogP contribution < -0.4 is 0 Å². The van der Waals surface area contributed by atoms with E-state index >= 15 is 0 Å². The molecule has 0 bridgehead atoms. The molecule has 1 aliphatic heterocycles. The molecular formula is C14H19N3O4S. The fourth-order valence-electron chi connectivity index (χ4n) is 2.74. The van der Waals surface area contributed by atoms with Crippen LogP contribution in [0.15, 0.2) is 22.8 Å². The van der Waals surface area contributed by atoms with Gasteiger partial charge in [-0.2, -0.15) is 4.31 Å². The smallest absolute Gasteiger partial charge is 0.218 e. The van der Waals surface area contributed by atoms with Crippen molar-refractivity contribution in [2.75, 3.05) is 19.8 Å². The molecule has 0 saturated carbocycles. The zero-order valence-electron chi connectivity index (χ0n) is 12.7. The highest BCUT2D eigenvalue weighted by atomic mass is 32.2. The normalized spacial score (nSPS) is 23.9. The van der Waals surface area contributed by atoms with E-state index in [4.69, 9.17) is 4.74 Å². The first-order valence-electron chi connectivity index (χ1n) is 7.24. The van der Waals surface area contributed by atoms with Crippen LogP contribution in [-0.4, -0.2) is 48.3 Å². The maximum Gasteiger partial charge on any atom is 0.218 e. The summed E-state index contributed by atoms with van der Waals surface area (Å²) in [4.78, 5) is 0. The zero-order chi connectivity index (χ0) is 15.8. The van der Waals surface area contributed by atoms with Crippen molar-refractivity contribution in [3.8, 4) is 0 Å². The Morgan fingerprint density at radius 1 is 1.32 bits per heavy atom. The minimum atomic E-state index is -3.43. The van der Waals surface area contributed by atoms with E-state index < -0.39 is 15.6 Å². The first-order valence-corrected chi connectivity index (χ1v) is 8.85. The number of ether oxygens (including phenoxy) is 1. The molecule has 3 rings (SSSR count). The maximum absolute atomic E-state index is 12.8. The third-order valence-electron chi connectivity index (χ3n) is 4.22. The molecule has 1 saturated heterocycles. The summed E-state index contributed by atoms with van der Waals surface area (Å²) < 4.78 is 37.3. The van der Waals surface area contributed by atoms with Gasteiger partial charge in [0.05, 0.1) is 24.5 Å². The molecule has 2 aromatic rings. The fourth-order valence-corrected chi connectivity index (χ4v) is 4.70. The summed E-state index contributed by atoms with van der Waals surface area (Å²) in [5, 5.41) is 7.47. The molecule has 2 heterocycles. The molecule has 0 spiro atoms. The molecule has 1 aromatic carbocycles. The predicted octanol–water partition coefficient (Wildman–Crippen LogP) is 1.55. The van der Waals surface area contributed by atoms with Crippen LogP contribution in [0.5, 0.6) is 0 Å². The highest BCUT2D eigenvalue weighted by molar-refractivity contribution is 7.88. The van der Waals surface area contributed by atoms with Gasteiger partial charge in [-0.05, 0) is 41.4 Å². The Bertz CT molecular complexity index is 773. The Kier molecular flexibility index (Phi) is 3.92. The van der Waals surface area contributed by atoms with E-state index in [0.717, 1.165) is 0 Å². The first kappa shape index (κ1) is 15.4. The lowest BCUT2D eigenvalue weighted by Gasteiger charge is -2.42. The number of hydrogen-bond donors (Lipinski definition) is 0. The minimum Gasteiger partial charge on any atom is -0.378 e. The van der Waals surface area contributed by atoms with Crippen LogP contribution in [-0.2, 0) is 20.5 Å². The van der Waals surface area contributed by atoms with Gasteiger partial charge in [-0.1, -0.05) is 13.0 Å². The molecule has 1 aromatic heterocycles. The summed E-state index contributed by atoms with van der Waals surface area (Å²) in [6.07, 6.45) is 0.707. The van der Waals surface area contributed by atoms with Crippen LogP contribution in [0.2, 0.25) is 0 Å². The molecule has 8 heteroatoms. The molecule has 1 fully saturated rings. The van der Waals surface area contributed by atoms with Crippen LogP contribution in [0.25, 0.3) is 11.0 Å². The standard InChI is InChI=1S/C14H19N3O4S/c1-3-14(2)10-20-7-6-17(14)22(18,19)9-11-4-5-12-13(8-11)16-21-15-12/h4-5,8H,3,6-7,9-10H2,1-2H3. The summed E-state index contributed by atoms with van der Waals surface area (Å²) in [7, 11) is -3.43. The van der Waals surface area contributed by atoms with Crippen molar-refractivity contribution in [3.05, 3.63) is 23.8 Å². The van der Waals surface area contributed by atoms with Crippen molar-refractivity contribution >= 4 is 21.1 Å². The van der Waals surface area contributed by atoms with E-state index in [2.05, 4.69) is 14.9 Å². The predicted molar refractivity (Wildman–Crippen MR) is 80.6 cm³/mol. The summed E-state index contributed by atoms with van der Waals surface area (Å²) in [5.41, 5.74) is 1.36. The van der Waals surface area contributed by atoms with Gasteiger partial charge in [-0.3, -0.25) is 0 Å². The van der Waals surface area contributed by atoms with Crippen molar-refractivity contribution in [1.82, 2.24) is 14.6 Å². The van der Waals surface area contributed by atoms with Gasteiger partial charge >= 0.3 is 0 Å². The largest absolute Gasteiger partial charge is 0.378 e. The second kappa shape index (κ2) is 5.60.